The van der Waals surface area contributed by atoms with Crippen molar-refractivity contribution in [2.45, 2.75) is 427 Å². The van der Waals surface area contributed by atoms with Crippen LogP contribution in [0.15, 0.2) is 74.3 Å². The van der Waals surface area contributed by atoms with Crippen molar-refractivity contribution in [2.75, 3.05) is 26.4 Å². The van der Waals surface area contributed by atoms with E-state index in [1.165, 1.54) is 218 Å². The van der Waals surface area contributed by atoms with Gasteiger partial charge in [-0.2, -0.15) is 0 Å². The van der Waals surface area contributed by atoms with Gasteiger partial charge < -0.3 is 44.2 Å². The molecule has 3 N–H and O–H groups in total. The van der Waals surface area contributed by atoms with Crippen LogP contribution in [-0.4, -0.2) is 105 Å². The Labute approximate surface area is 627 Å². The molecule has 2 rings (SSSR count). The Morgan fingerprint density at radius 3 is 1.17 bits per heavy atom. The second-order valence-electron chi connectivity index (χ2n) is 28.5. The summed E-state index contributed by atoms with van der Waals surface area (Å²) in [7, 11) is -4.11. The van der Waals surface area contributed by atoms with Crippen LogP contribution in [0.3, 0.4) is 0 Å². The minimum Gasteiger partial charge on any atom is -0.471 e. The van der Waals surface area contributed by atoms with Crippen LogP contribution in [-0.2, 0) is 56.1 Å². The predicted octanol–water partition coefficient (Wildman–Crippen LogP) is 24.2. The molecule has 0 unspecified atom stereocenters. The third kappa shape index (κ3) is 51.2. The van der Waals surface area contributed by atoms with Gasteiger partial charge in [-0.05, 0) is 116 Å². The van der Waals surface area contributed by atoms with Crippen LogP contribution in [0.2, 0.25) is 0 Å². The van der Waals surface area contributed by atoms with E-state index in [0.717, 1.165) is 51.4 Å². The molecule has 12 atom stereocenters. The van der Waals surface area contributed by atoms with E-state index >= 15 is 0 Å². The van der Waals surface area contributed by atoms with E-state index in [4.69, 9.17) is 42.0 Å². The maximum atomic E-state index is 13.9. The van der Waals surface area contributed by atoms with Gasteiger partial charge in [0.25, 0.3) is 0 Å². The SMILES string of the molecule is C/C=C\O[C@H]1O[C@H](CC)[C@@H](O)[C@H](OCC[C@H](C)CCCCCCC)[C@H]1NC(=O)CCCCCCCCC/C=C\CCCCCC.C=CCOP(=O)(OCC=C)O[C@H]1[C@H](OCC[C@H](C)CCCCCCC)[C@@H](NC(=O)CCCCCCCCC/C=C\CCCCCC)[C@@H](O/C=C\C)O[C@@H]1CC.CC. The summed E-state index contributed by atoms with van der Waals surface area (Å²) in [5, 5.41) is 17.5. The first-order valence-electron chi connectivity index (χ1n) is 42.2. The molecular weight excluding hydrogens is 1300 g/mol. The molecule has 0 aromatic rings. The number of hydrogen-bond donors (Lipinski definition) is 3. The number of aliphatic hydroxyl groups is 1. The number of allylic oxidation sites excluding steroid dienone is 6. The fraction of sp³-hybridized carbons (Fsp3) is 0.837. The van der Waals surface area contributed by atoms with E-state index in [2.05, 4.69) is 89.6 Å². The minimum atomic E-state index is -4.11. The summed E-state index contributed by atoms with van der Waals surface area (Å²) in [6.07, 6.45) is 63.8. The van der Waals surface area contributed by atoms with Gasteiger partial charge in [0.05, 0.1) is 37.9 Å². The molecule has 0 bridgehead atoms. The van der Waals surface area contributed by atoms with E-state index < -0.39 is 69.1 Å². The highest BCUT2D eigenvalue weighted by atomic mass is 31.2. The topological polar surface area (TPSA) is 179 Å². The van der Waals surface area contributed by atoms with Crippen LogP contribution in [0.4, 0.5) is 0 Å². The lowest BCUT2D eigenvalue weighted by atomic mass is 9.94. The maximum absolute atomic E-state index is 13.9. The molecule has 2 saturated heterocycles. The molecule has 15 nitrogen and oxygen atoms in total. The molecule has 2 heterocycles. The number of carbonyl (C=O) groups excluding carboxylic acids is 2. The molecule has 102 heavy (non-hydrogen) atoms. The number of ether oxygens (including phenoxy) is 6. The van der Waals surface area contributed by atoms with Crippen LogP contribution in [0, 0.1) is 11.8 Å². The van der Waals surface area contributed by atoms with E-state index in [1.54, 1.807) is 24.7 Å². The van der Waals surface area contributed by atoms with Crippen LogP contribution in [0.25, 0.3) is 0 Å². The van der Waals surface area contributed by atoms with Crippen molar-refractivity contribution in [1.29, 1.82) is 0 Å². The Balaban J connectivity index is 0.00000199. The van der Waals surface area contributed by atoms with Crippen molar-refractivity contribution in [2.24, 2.45) is 11.8 Å². The summed E-state index contributed by atoms with van der Waals surface area (Å²) in [4.78, 5) is 26.6. The van der Waals surface area contributed by atoms with Crippen LogP contribution in [0.1, 0.15) is 366 Å². The highest BCUT2D eigenvalue weighted by Crippen LogP contribution is 2.53. The number of aliphatic hydroxyl groups excluding tert-OH is 1. The molecule has 598 valence electrons. The predicted molar refractivity (Wildman–Crippen MR) is 428 cm³/mol. The first-order valence-corrected chi connectivity index (χ1v) is 43.7. The van der Waals surface area contributed by atoms with Crippen molar-refractivity contribution >= 4 is 19.6 Å². The summed E-state index contributed by atoms with van der Waals surface area (Å²) in [6.45, 7) is 33.5. The number of phosphoric acid groups is 1. The Morgan fingerprint density at radius 1 is 0.461 bits per heavy atom. The normalized spacial score (nSPS) is 21.4. The third-order valence-corrected chi connectivity index (χ3v) is 20.6. The van der Waals surface area contributed by atoms with E-state index in [9.17, 15) is 19.3 Å². The fourth-order valence-electron chi connectivity index (χ4n) is 12.9. The number of hydrogen-bond acceptors (Lipinski definition) is 13. The van der Waals surface area contributed by atoms with Gasteiger partial charge in [-0.15, -0.1) is 13.2 Å². The lowest BCUT2D eigenvalue weighted by Gasteiger charge is -2.46. The zero-order valence-electron chi connectivity index (χ0n) is 67.9. The van der Waals surface area contributed by atoms with Crippen molar-refractivity contribution in [3.8, 4) is 0 Å². The molecule has 0 aromatic carbocycles. The molecule has 0 saturated carbocycles. The molecule has 0 aromatic heterocycles. The monoisotopic (exact) mass is 1460 g/mol. The lowest BCUT2D eigenvalue weighted by Crippen LogP contribution is -2.65. The first-order chi connectivity index (χ1) is 49.8. The summed E-state index contributed by atoms with van der Waals surface area (Å²) in [5.41, 5.74) is 0. The smallest absolute Gasteiger partial charge is 0.471 e. The van der Waals surface area contributed by atoms with Gasteiger partial charge in [0, 0.05) is 26.1 Å². The van der Waals surface area contributed by atoms with Crippen LogP contribution in [0.5, 0.6) is 0 Å². The van der Waals surface area contributed by atoms with Gasteiger partial charge >= 0.3 is 7.82 Å². The molecule has 0 aliphatic carbocycles. The number of unbranched alkanes of at least 4 members (excludes halogenated alkanes) is 30. The zero-order valence-corrected chi connectivity index (χ0v) is 68.7. The largest absolute Gasteiger partial charge is 0.475 e. The Bertz CT molecular complexity index is 2080. The van der Waals surface area contributed by atoms with Gasteiger partial charge in [-0.3, -0.25) is 23.2 Å². The summed E-state index contributed by atoms with van der Waals surface area (Å²) >= 11 is 0. The average molecular weight is 1460 g/mol. The van der Waals surface area contributed by atoms with Crippen LogP contribution >= 0.6 is 7.82 Å². The van der Waals surface area contributed by atoms with Gasteiger partial charge in [0.2, 0.25) is 24.4 Å². The van der Waals surface area contributed by atoms with Gasteiger partial charge in [-0.1, -0.05) is 298 Å². The molecule has 2 aliphatic heterocycles. The standard InChI is InChI=1S/C45H82NO8P.C39H73NO5.C2H6/c1-8-14-16-18-19-20-21-22-23-24-25-26-27-29-31-33-41(47)46-42-44(49-38-34-39(7)32-30-28-17-15-9-2)43(40(13-6)53-45(42)50-35-10-3)54-55(48,51-36-11-4)52-37-12-5;1-6-10-12-14-15-16-17-18-19-20-21-22-23-25-27-29-35(41)40-36-38(37(42)34(9-4)45-39(36)44-31-8-3)43-32-30-33(5)28-26-24-13-11-7-2;1-2/h10-12,20-21,35,39-40,42-45H,4-5,8-9,13-19,22-34,36-38H2,1-3,6-7H3,(H,46,47);8,16-17,31,33-34,36-39,42H,6-7,9-15,18-30,32H2,1-5H3,(H,40,41);1-2H3/b21-20-,35-10-;17-16-,31-8-;/t39-,40-,42-,43-,44-,45+;33-,34-,36-,37-,38-,39+;/m11./s1. The van der Waals surface area contributed by atoms with Crippen molar-refractivity contribution in [3.63, 3.8) is 0 Å². The highest BCUT2D eigenvalue weighted by Gasteiger charge is 2.52. The quantitative estimate of drug-likeness (QED) is 0.0227. The summed E-state index contributed by atoms with van der Waals surface area (Å²) < 4.78 is 68.8. The molecule has 2 aliphatic rings. The van der Waals surface area contributed by atoms with E-state index in [1.807, 2.05) is 41.5 Å². The van der Waals surface area contributed by atoms with Gasteiger partial charge in [0.1, 0.15) is 36.5 Å². The number of rotatable bonds is 66. The molecule has 2 fully saturated rings. The molecule has 0 spiro atoms. The van der Waals surface area contributed by atoms with Gasteiger partial charge in [0.15, 0.2) is 0 Å². The van der Waals surface area contributed by atoms with Crippen molar-refractivity contribution in [1.82, 2.24) is 10.6 Å². The zero-order chi connectivity index (χ0) is 75.4. The summed E-state index contributed by atoms with van der Waals surface area (Å²) in [6, 6.07) is -1.31. The number of carbonyl (C=O) groups is 2. The van der Waals surface area contributed by atoms with Crippen molar-refractivity contribution in [3.05, 3.63) is 74.3 Å². The highest BCUT2D eigenvalue weighted by molar-refractivity contribution is 7.48. The Morgan fingerprint density at radius 2 is 0.794 bits per heavy atom. The molecule has 2 amide bonds. The number of amides is 2. The summed E-state index contributed by atoms with van der Waals surface area (Å²) in [5.74, 6) is 0.887. The molecular formula is C86H161N2O13P. The Hall–Kier alpha value is -3.11. The molecule has 0 radical (unpaired) electrons. The van der Waals surface area contributed by atoms with Gasteiger partial charge in [-0.25, -0.2) is 4.57 Å². The third-order valence-electron chi connectivity index (χ3n) is 19.2. The maximum Gasteiger partial charge on any atom is 0.475 e. The first kappa shape index (κ1) is 98.9. The lowest BCUT2D eigenvalue weighted by molar-refractivity contribution is -0.258. The number of nitrogens with one attached hydrogen (secondary N) is 2. The van der Waals surface area contributed by atoms with Crippen molar-refractivity contribution < 1.29 is 61.3 Å². The second-order valence-corrected chi connectivity index (χ2v) is 30.1. The second kappa shape index (κ2) is 70.8. The minimum absolute atomic E-state index is 0.0321. The average Bonchev–Trinajstić information content (AvgIpc) is 0.789. The molecule has 16 heteroatoms. The number of phosphoric ester groups is 1. The van der Waals surface area contributed by atoms with E-state index in [-0.39, 0.29) is 25.0 Å². The van der Waals surface area contributed by atoms with Crippen LogP contribution < -0.4 is 10.6 Å². The Kier molecular flexibility index (Phi) is 68.7. The fourth-order valence-corrected chi connectivity index (χ4v) is 14.2. The van der Waals surface area contributed by atoms with E-state index in [0.29, 0.717) is 50.7 Å².